The second kappa shape index (κ2) is 6.29. The van der Waals surface area contributed by atoms with Gasteiger partial charge in [0, 0.05) is 5.69 Å². The Morgan fingerprint density at radius 1 is 1.26 bits per heavy atom. The summed E-state index contributed by atoms with van der Waals surface area (Å²) in [5.74, 6) is 0.0227. The summed E-state index contributed by atoms with van der Waals surface area (Å²) < 4.78 is 18.6. The number of aryl methyl sites for hydroxylation is 2. The zero-order valence-corrected chi connectivity index (χ0v) is 13.4. The van der Waals surface area contributed by atoms with Crippen molar-refractivity contribution in [1.29, 1.82) is 0 Å². The smallest absolute Gasteiger partial charge is 0.258 e. The van der Waals surface area contributed by atoms with E-state index in [1.165, 1.54) is 29.5 Å². The van der Waals surface area contributed by atoms with Gasteiger partial charge in [-0.1, -0.05) is 0 Å². The predicted molar refractivity (Wildman–Crippen MR) is 85.8 cm³/mol. The molecule has 2 heterocycles. The number of nitrogens with zero attached hydrogens (tertiary/aromatic N) is 2. The van der Waals surface area contributed by atoms with Gasteiger partial charge in [-0.3, -0.25) is 4.79 Å². The van der Waals surface area contributed by atoms with Crippen LogP contribution in [-0.2, 0) is 11.2 Å². The first kappa shape index (κ1) is 15.4. The Bertz CT molecular complexity index is 857. The van der Waals surface area contributed by atoms with Crippen LogP contribution in [0.1, 0.15) is 17.0 Å². The van der Waals surface area contributed by atoms with Gasteiger partial charge in [-0.2, -0.15) is 0 Å². The Kier molecular flexibility index (Phi) is 4.20. The molecule has 0 radical (unpaired) electrons. The lowest BCUT2D eigenvalue weighted by atomic mass is 10.2. The largest absolute Gasteiger partial charge is 0.419 e. The number of carbonyl (C=O) groups excluding carboxylic acids is 1. The minimum Gasteiger partial charge on any atom is -0.419 e. The molecule has 0 bridgehead atoms. The summed E-state index contributed by atoms with van der Waals surface area (Å²) in [5, 5.41) is 12.5. The Hall–Kier alpha value is -2.54. The van der Waals surface area contributed by atoms with Gasteiger partial charge in [-0.05, 0) is 54.6 Å². The second-order valence-corrected chi connectivity index (χ2v) is 6.03. The van der Waals surface area contributed by atoms with Crippen LogP contribution in [0.15, 0.2) is 34.1 Å². The molecule has 3 rings (SSSR count). The molecule has 0 aliphatic carbocycles. The Morgan fingerprint density at radius 3 is 2.78 bits per heavy atom. The number of aromatic nitrogens is 2. The predicted octanol–water partition coefficient (Wildman–Crippen LogP) is 3.74. The number of hydrogen-bond acceptors (Lipinski definition) is 5. The third-order valence-corrected chi connectivity index (χ3v) is 4.30. The highest BCUT2D eigenvalue weighted by Crippen LogP contribution is 2.27. The summed E-state index contributed by atoms with van der Waals surface area (Å²) >= 11 is 1.51. The van der Waals surface area contributed by atoms with E-state index in [-0.39, 0.29) is 24.0 Å². The van der Waals surface area contributed by atoms with Crippen LogP contribution >= 0.6 is 11.3 Å². The molecule has 1 aromatic carbocycles. The summed E-state index contributed by atoms with van der Waals surface area (Å²) in [6, 6.07) is 6.15. The molecule has 2 aromatic heterocycles. The van der Waals surface area contributed by atoms with Crippen LogP contribution in [-0.4, -0.2) is 16.1 Å². The second-order valence-electron chi connectivity index (χ2n) is 5.12. The summed E-state index contributed by atoms with van der Waals surface area (Å²) in [6.07, 6.45) is -0.0335. The molecule has 0 fully saturated rings. The van der Waals surface area contributed by atoms with E-state index in [2.05, 4.69) is 15.5 Å². The molecule has 0 atom stereocenters. The van der Waals surface area contributed by atoms with Crippen molar-refractivity contribution in [3.63, 3.8) is 0 Å². The topological polar surface area (TPSA) is 68.0 Å². The minimum absolute atomic E-state index is 0.0335. The summed E-state index contributed by atoms with van der Waals surface area (Å²) in [7, 11) is 0. The molecule has 0 saturated carbocycles. The van der Waals surface area contributed by atoms with Gasteiger partial charge in [-0.25, -0.2) is 4.39 Å². The molecule has 7 heteroatoms. The number of nitrogens with one attached hydrogen (secondary N) is 1. The van der Waals surface area contributed by atoms with E-state index < -0.39 is 0 Å². The maximum atomic E-state index is 13.1. The molecule has 0 unspecified atom stereocenters. The molecule has 0 spiro atoms. The number of benzene rings is 1. The van der Waals surface area contributed by atoms with Gasteiger partial charge in [0.2, 0.25) is 11.8 Å². The van der Waals surface area contributed by atoms with Gasteiger partial charge in [-0.15, -0.1) is 21.5 Å². The lowest BCUT2D eigenvalue weighted by Gasteiger charge is -2.06. The van der Waals surface area contributed by atoms with Gasteiger partial charge in [0.05, 0.1) is 4.88 Å². The number of thiophene rings is 1. The third kappa shape index (κ3) is 3.45. The van der Waals surface area contributed by atoms with E-state index in [1.807, 2.05) is 18.4 Å². The van der Waals surface area contributed by atoms with E-state index in [0.717, 1.165) is 10.4 Å². The molecule has 5 nitrogen and oxygen atoms in total. The van der Waals surface area contributed by atoms with Crippen molar-refractivity contribution in [3.05, 3.63) is 52.5 Å². The lowest BCUT2D eigenvalue weighted by Crippen LogP contribution is -2.15. The quantitative estimate of drug-likeness (QED) is 0.791. The third-order valence-electron chi connectivity index (χ3n) is 3.30. The maximum Gasteiger partial charge on any atom is 0.258 e. The molecule has 1 N–H and O–H groups in total. The molecular weight excluding hydrogens is 317 g/mol. The average Bonchev–Trinajstić information content (AvgIpc) is 3.10. The van der Waals surface area contributed by atoms with Crippen LogP contribution in [0, 0.1) is 19.7 Å². The molecule has 23 heavy (non-hydrogen) atoms. The van der Waals surface area contributed by atoms with E-state index in [9.17, 15) is 9.18 Å². The first-order valence-corrected chi connectivity index (χ1v) is 7.84. The van der Waals surface area contributed by atoms with Crippen LogP contribution in [0.4, 0.5) is 10.1 Å². The van der Waals surface area contributed by atoms with Gasteiger partial charge >= 0.3 is 0 Å². The normalized spacial score (nSPS) is 10.7. The van der Waals surface area contributed by atoms with Gasteiger partial charge < -0.3 is 9.73 Å². The van der Waals surface area contributed by atoms with E-state index in [1.54, 1.807) is 6.92 Å². The molecule has 0 aliphatic heterocycles. The highest BCUT2D eigenvalue weighted by atomic mass is 32.1. The summed E-state index contributed by atoms with van der Waals surface area (Å²) in [6.45, 7) is 3.68. The monoisotopic (exact) mass is 331 g/mol. The molecule has 1 amide bonds. The zero-order valence-electron chi connectivity index (χ0n) is 12.6. The Balaban J connectivity index is 1.69. The lowest BCUT2D eigenvalue weighted by molar-refractivity contribution is -0.115. The number of carbonyl (C=O) groups is 1. The van der Waals surface area contributed by atoms with Gasteiger partial charge in [0.1, 0.15) is 12.2 Å². The minimum atomic E-state index is -0.339. The van der Waals surface area contributed by atoms with E-state index in [4.69, 9.17) is 4.42 Å². The SMILES string of the molecule is Cc1cc(F)ccc1NC(=O)Cc1nnc(-c2sccc2C)o1. The van der Waals surface area contributed by atoms with Crippen molar-refractivity contribution in [2.24, 2.45) is 0 Å². The van der Waals surface area contributed by atoms with Crippen molar-refractivity contribution in [3.8, 4) is 10.8 Å². The molecule has 3 aromatic rings. The van der Waals surface area contributed by atoms with Gasteiger partial charge in [0.25, 0.3) is 5.89 Å². The van der Waals surface area contributed by atoms with Crippen LogP contribution in [0.3, 0.4) is 0 Å². The molecule has 118 valence electrons. The fourth-order valence-electron chi connectivity index (χ4n) is 2.11. The first-order valence-electron chi connectivity index (χ1n) is 6.96. The van der Waals surface area contributed by atoms with Crippen molar-refractivity contribution in [1.82, 2.24) is 10.2 Å². The highest BCUT2D eigenvalue weighted by molar-refractivity contribution is 7.13. The Labute approximate surface area is 136 Å². The molecular formula is C16H14FN3O2S. The molecule has 0 saturated heterocycles. The first-order chi connectivity index (χ1) is 11.0. The van der Waals surface area contributed by atoms with E-state index >= 15 is 0 Å². The van der Waals surface area contributed by atoms with Crippen LogP contribution in [0.25, 0.3) is 10.8 Å². The van der Waals surface area contributed by atoms with Crippen molar-refractivity contribution in [2.75, 3.05) is 5.32 Å². The zero-order chi connectivity index (χ0) is 16.4. The van der Waals surface area contributed by atoms with Crippen LogP contribution in [0.2, 0.25) is 0 Å². The Morgan fingerprint density at radius 2 is 2.09 bits per heavy atom. The highest BCUT2D eigenvalue weighted by Gasteiger charge is 2.15. The van der Waals surface area contributed by atoms with Crippen molar-refractivity contribution < 1.29 is 13.6 Å². The standard InChI is InChI=1S/C16H14FN3O2S/c1-9-5-6-23-15(9)16-20-19-14(22-16)8-13(21)18-12-4-3-11(17)7-10(12)2/h3-7H,8H2,1-2H3,(H,18,21). The number of halogens is 1. The van der Waals surface area contributed by atoms with Gasteiger partial charge in [0.15, 0.2) is 0 Å². The van der Waals surface area contributed by atoms with Crippen LogP contribution in [0.5, 0.6) is 0 Å². The van der Waals surface area contributed by atoms with Crippen molar-refractivity contribution >= 4 is 22.9 Å². The summed E-state index contributed by atoms with van der Waals surface area (Å²) in [5.41, 5.74) is 2.26. The van der Waals surface area contributed by atoms with E-state index in [0.29, 0.717) is 17.1 Å². The molecule has 0 aliphatic rings. The average molecular weight is 331 g/mol. The van der Waals surface area contributed by atoms with Crippen LogP contribution < -0.4 is 5.32 Å². The summed E-state index contributed by atoms with van der Waals surface area (Å²) in [4.78, 5) is 13.0. The fourth-order valence-corrected chi connectivity index (χ4v) is 2.95. The number of rotatable bonds is 4. The van der Waals surface area contributed by atoms with Crippen molar-refractivity contribution in [2.45, 2.75) is 20.3 Å². The maximum absolute atomic E-state index is 13.1. The number of amides is 1. The number of hydrogen-bond donors (Lipinski definition) is 1. The number of anilines is 1. The fraction of sp³-hybridized carbons (Fsp3) is 0.188.